The quantitative estimate of drug-likeness (QED) is 0.708. The van der Waals surface area contributed by atoms with E-state index >= 15 is 0 Å². The molecule has 0 aromatic carbocycles. The molecular weight excluding hydrogens is 214 g/mol. The maximum atomic E-state index is 11.2. The van der Waals surface area contributed by atoms with Crippen molar-refractivity contribution < 1.29 is 9.21 Å². The molecule has 0 saturated heterocycles. The van der Waals surface area contributed by atoms with Crippen LogP contribution >= 0.6 is 0 Å². The average molecular weight is 235 g/mol. The van der Waals surface area contributed by atoms with Crippen LogP contribution in [-0.4, -0.2) is 18.4 Å². The number of hydrogen-bond donors (Lipinski definition) is 0. The van der Waals surface area contributed by atoms with Crippen LogP contribution in [0, 0.1) is 5.92 Å². The fourth-order valence-corrected chi connectivity index (χ4v) is 1.93. The van der Waals surface area contributed by atoms with E-state index in [0.29, 0.717) is 17.7 Å². The van der Waals surface area contributed by atoms with Gasteiger partial charge < -0.3 is 9.32 Å². The molecule has 0 atom stereocenters. The molecular formula is C14H21NO2. The summed E-state index contributed by atoms with van der Waals surface area (Å²) in [5.41, 5.74) is 0. The summed E-state index contributed by atoms with van der Waals surface area (Å²) >= 11 is 0. The Morgan fingerprint density at radius 1 is 1.47 bits per heavy atom. The van der Waals surface area contributed by atoms with Gasteiger partial charge in [0, 0.05) is 25.6 Å². The van der Waals surface area contributed by atoms with Crippen LogP contribution in [0.4, 0.5) is 5.88 Å². The molecule has 1 aromatic rings. The highest BCUT2D eigenvalue weighted by molar-refractivity contribution is 5.91. The molecule has 0 bridgehead atoms. The van der Waals surface area contributed by atoms with Crippen molar-refractivity contribution in [3.63, 3.8) is 0 Å². The molecule has 0 N–H and O–H groups in total. The normalized spacial score (nSPS) is 15.3. The maximum Gasteiger partial charge on any atom is 0.196 e. The summed E-state index contributed by atoms with van der Waals surface area (Å²) in [5, 5.41) is 0. The Balaban J connectivity index is 2.06. The second-order valence-electron chi connectivity index (χ2n) is 5.30. The average Bonchev–Trinajstić information content (AvgIpc) is 2.95. The van der Waals surface area contributed by atoms with Crippen molar-refractivity contribution in [3.05, 3.63) is 17.9 Å². The van der Waals surface area contributed by atoms with Crippen LogP contribution in [0.1, 0.15) is 50.6 Å². The molecule has 0 spiro atoms. The van der Waals surface area contributed by atoms with E-state index in [1.54, 1.807) is 6.07 Å². The number of hydrogen-bond acceptors (Lipinski definition) is 3. The zero-order valence-electron chi connectivity index (χ0n) is 10.9. The highest BCUT2D eigenvalue weighted by Crippen LogP contribution is 2.33. The smallest absolute Gasteiger partial charge is 0.196 e. The van der Waals surface area contributed by atoms with E-state index in [-0.39, 0.29) is 5.78 Å². The van der Waals surface area contributed by atoms with Gasteiger partial charge in [-0.15, -0.1) is 0 Å². The molecule has 3 heteroatoms. The van der Waals surface area contributed by atoms with Crippen LogP contribution in [0.3, 0.4) is 0 Å². The van der Waals surface area contributed by atoms with Crippen molar-refractivity contribution in [1.29, 1.82) is 0 Å². The van der Waals surface area contributed by atoms with Gasteiger partial charge in [0.05, 0.1) is 0 Å². The summed E-state index contributed by atoms with van der Waals surface area (Å²) in [6.45, 7) is 7.02. The fraction of sp³-hybridized carbons (Fsp3) is 0.643. The first kappa shape index (κ1) is 12.2. The number of furan rings is 1. The number of ketones is 1. The van der Waals surface area contributed by atoms with Gasteiger partial charge in [0.1, 0.15) is 0 Å². The minimum atomic E-state index is -0.00384. The molecule has 94 valence electrons. The Kier molecular flexibility index (Phi) is 3.55. The van der Waals surface area contributed by atoms with Crippen molar-refractivity contribution in [1.82, 2.24) is 0 Å². The zero-order valence-corrected chi connectivity index (χ0v) is 10.9. The molecule has 17 heavy (non-hydrogen) atoms. The molecule has 0 radical (unpaired) electrons. The first-order chi connectivity index (χ1) is 8.08. The van der Waals surface area contributed by atoms with E-state index in [2.05, 4.69) is 18.7 Å². The van der Waals surface area contributed by atoms with Crippen molar-refractivity contribution in [2.45, 2.75) is 46.1 Å². The van der Waals surface area contributed by atoms with Crippen LogP contribution in [0.15, 0.2) is 16.5 Å². The summed E-state index contributed by atoms with van der Waals surface area (Å²) in [4.78, 5) is 13.5. The van der Waals surface area contributed by atoms with Gasteiger partial charge >= 0.3 is 0 Å². The van der Waals surface area contributed by atoms with Gasteiger partial charge in [-0.1, -0.05) is 13.8 Å². The Morgan fingerprint density at radius 3 is 2.65 bits per heavy atom. The van der Waals surface area contributed by atoms with Gasteiger partial charge in [0.15, 0.2) is 17.4 Å². The monoisotopic (exact) mass is 235 g/mol. The van der Waals surface area contributed by atoms with Crippen molar-refractivity contribution in [2.75, 3.05) is 11.4 Å². The summed E-state index contributed by atoms with van der Waals surface area (Å²) in [7, 11) is 0. The molecule has 1 aliphatic carbocycles. The van der Waals surface area contributed by atoms with E-state index in [4.69, 9.17) is 4.42 Å². The highest BCUT2D eigenvalue weighted by Gasteiger charge is 2.30. The van der Waals surface area contributed by atoms with Crippen LogP contribution in [0.25, 0.3) is 0 Å². The van der Waals surface area contributed by atoms with Gasteiger partial charge in [-0.25, -0.2) is 0 Å². The molecule has 1 saturated carbocycles. The van der Waals surface area contributed by atoms with Crippen LogP contribution in [0.2, 0.25) is 0 Å². The van der Waals surface area contributed by atoms with E-state index in [0.717, 1.165) is 18.8 Å². The van der Waals surface area contributed by atoms with Crippen molar-refractivity contribution in [3.8, 4) is 0 Å². The highest BCUT2D eigenvalue weighted by atomic mass is 16.4. The van der Waals surface area contributed by atoms with Crippen LogP contribution in [0.5, 0.6) is 0 Å². The van der Waals surface area contributed by atoms with Gasteiger partial charge in [-0.3, -0.25) is 4.79 Å². The fourth-order valence-electron chi connectivity index (χ4n) is 1.93. The molecule has 0 unspecified atom stereocenters. The molecule has 0 aliphatic heterocycles. The minimum absolute atomic E-state index is 0.00384. The molecule has 0 amide bonds. The zero-order chi connectivity index (χ0) is 12.4. The van der Waals surface area contributed by atoms with Crippen LogP contribution in [-0.2, 0) is 0 Å². The summed E-state index contributed by atoms with van der Waals surface area (Å²) in [6.07, 6.45) is 3.65. The Morgan fingerprint density at radius 2 is 2.18 bits per heavy atom. The predicted octanol–water partition coefficient (Wildman–Crippen LogP) is 3.50. The van der Waals surface area contributed by atoms with E-state index in [9.17, 15) is 4.79 Å². The number of nitrogens with zero attached hydrogens (tertiary/aromatic N) is 1. The molecule has 2 rings (SSSR count). The van der Waals surface area contributed by atoms with Gasteiger partial charge in [-0.05, 0) is 31.2 Å². The molecule has 1 heterocycles. The number of anilines is 1. The second-order valence-corrected chi connectivity index (χ2v) is 5.30. The van der Waals surface area contributed by atoms with Gasteiger partial charge in [0.2, 0.25) is 0 Å². The summed E-state index contributed by atoms with van der Waals surface area (Å²) in [5.74, 6) is 2.02. The third-order valence-electron chi connectivity index (χ3n) is 3.16. The lowest BCUT2D eigenvalue weighted by Crippen LogP contribution is -2.27. The lowest BCUT2D eigenvalue weighted by Gasteiger charge is -2.22. The number of carbonyl (C=O) groups is 1. The van der Waals surface area contributed by atoms with E-state index in [1.807, 2.05) is 6.07 Å². The molecule has 1 aliphatic rings. The summed E-state index contributed by atoms with van der Waals surface area (Å²) in [6, 6.07) is 4.33. The van der Waals surface area contributed by atoms with Gasteiger partial charge in [0.25, 0.3) is 0 Å². The van der Waals surface area contributed by atoms with E-state index < -0.39 is 0 Å². The summed E-state index contributed by atoms with van der Waals surface area (Å²) < 4.78 is 5.62. The van der Waals surface area contributed by atoms with E-state index in [1.165, 1.54) is 19.8 Å². The Bertz CT molecular complexity index is 391. The number of rotatable bonds is 6. The SMILES string of the molecule is CC(=O)c1ccc(N(CCC(C)C)C2CC2)o1. The molecule has 1 fully saturated rings. The largest absolute Gasteiger partial charge is 0.437 e. The first-order valence-electron chi connectivity index (χ1n) is 6.45. The lowest BCUT2D eigenvalue weighted by atomic mass is 10.1. The maximum absolute atomic E-state index is 11.2. The molecule has 1 aromatic heterocycles. The second kappa shape index (κ2) is 4.94. The number of carbonyl (C=O) groups excluding carboxylic acids is 1. The van der Waals surface area contributed by atoms with Gasteiger partial charge in [-0.2, -0.15) is 0 Å². The third-order valence-corrected chi connectivity index (χ3v) is 3.16. The number of Topliss-reactive ketones (excluding diaryl/α,β-unsaturated/α-hetero) is 1. The van der Waals surface area contributed by atoms with Crippen molar-refractivity contribution in [2.24, 2.45) is 5.92 Å². The van der Waals surface area contributed by atoms with Crippen LogP contribution < -0.4 is 4.90 Å². The predicted molar refractivity (Wildman–Crippen MR) is 68.5 cm³/mol. The van der Waals surface area contributed by atoms with Crippen molar-refractivity contribution >= 4 is 11.7 Å². The Hall–Kier alpha value is -1.25. The Labute approximate surface area is 103 Å². The minimum Gasteiger partial charge on any atom is -0.437 e. The molecule has 3 nitrogen and oxygen atoms in total. The third kappa shape index (κ3) is 3.11. The first-order valence-corrected chi connectivity index (χ1v) is 6.45. The standard InChI is InChI=1S/C14H21NO2/c1-10(2)8-9-15(12-4-5-12)14-7-6-13(17-14)11(3)16/h6-7,10,12H,4-5,8-9H2,1-3H3. The topological polar surface area (TPSA) is 33.5 Å². The lowest BCUT2D eigenvalue weighted by molar-refractivity contribution is 0.0987.